The molecule has 1 atom stereocenters. The smallest absolute Gasteiger partial charge is 0.168 e. The second kappa shape index (κ2) is 10.2. The van der Waals surface area contributed by atoms with Crippen LogP contribution in [-0.4, -0.2) is 19.0 Å². The maximum atomic E-state index is 15.2. The van der Waals surface area contributed by atoms with E-state index in [1.165, 1.54) is 12.8 Å². The van der Waals surface area contributed by atoms with Crippen LogP contribution in [0.25, 0.3) is 5.57 Å². The fourth-order valence-electron chi connectivity index (χ4n) is 7.16. The van der Waals surface area contributed by atoms with Gasteiger partial charge in [0, 0.05) is 18.4 Å². The van der Waals surface area contributed by atoms with Gasteiger partial charge >= 0.3 is 0 Å². The molecule has 0 N–H and O–H groups in total. The topological polar surface area (TPSA) is 18.5 Å². The second-order valence-corrected chi connectivity index (χ2v) is 11.0. The van der Waals surface area contributed by atoms with Crippen LogP contribution in [0.5, 0.6) is 0 Å². The third-order valence-corrected chi connectivity index (χ3v) is 9.17. The Balaban J connectivity index is 1.20. The summed E-state index contributed by atoms with van der Waals surface area (Å²) in [6.45, 7) is 3.68. The number of ether oxygens (including phenoxy) is 2. The first-order valence-electron chi connectivity index (χ1n) is 13.5. The molecule has 182 valence electrons. The molecule has 33 heavy (non-hydrogen) atoms. The molecule has 0 amide bonds. The van der Waals surface area contributed by atoms with Crippen molar-refractivity contribution in [2.45, 2.75) is 102 Å². The van der Waals surface area contributed by atoms with Gasteiger partial charge in [0.1, 0.15) is 0 Å². The highest BCUT2D eigenvalue weighted by molar-refractivity contribution is 5.67. The van der Waals surface area contributed by atoms with Crippen LogP contribution in [0.1, 0.15) is 107 Å². The Morgan fingerprint density at radius 3 is 2.24 bits per heavy atom. The molecule has 1 spiro atoms. The lowest BCUT2D eigenvalue weighted by molar-refractivity contribution is -0.184. The summed E-state index contributed by atoms with van der Waals surface area (Å²) in [6.07, 6.45) is 16.1. The van der Waals surface area contributed by atoms with Gasteiger partial charge in [0.05, 0.1) is 13.2 Å². The van der Waals surface area contributed by atoms with E-state index >= 15 is 8.78 Å². The van der Waals surface area contributed by atoms with Gasteiger partial charge in [0.2, 0.25) is 0 Å². The summed E-state index contributed by atoms with van der Waals surface area (Å²) in [7, 11) is 0. The lowest BCUT2D eigenvalue weighted by Crippen LogP contribution is -2.37. The molecular weight excluding hydrogens is 418 g/mol. The van der Waals surface area contributed by atoms with E-state index in [4.69, 9.17) is 9.47 Å². The van der Waals surface area contributed by atoms with E-state index in [1.54, 1.807) is 0 Å². The summed E-state index contributed by atoms with van der Waals surface area (Å²) in [4.78, 5) is 0. The molecule has 1 heterocycles. The molecule has 1 aromatic carbocycles. The van der Waals surface area contributed by atoms with Crippen LogP contribution < -0.4 is 0 Å². The highest BCUT2D eigenvalue weighted by atomic mass is 19.2. The predicted molar refractivity (Wildman–Crippen MR) is 128 cm³/mol. The van der Waals surface area contributed by atoms with Crippen molar-refractivity contribution < 1.29 is 18.3 Å². The largest absolute Gasteiger partial charge is 0.348 e. The van der Waals surface area contributed by atoms with Gasteiger partial charge in [-0.25, -0.2) is 8.78 Å². The van der Waals surface area contributed by atoms with Crippen molar-refractivity contribution in [3.8, 4) is 0 Å². The Morgan fingerprint density at radius 2 is 1.61 bits per heavy atom. The fourth-order valence-corrected chi connectivity index (χ4v) is 7.16. The molecule has 4 aliphatic rings. The SMILES string of the molecule is CCCC1CCC(c2ccc(C3=CCC(C4CCC5(CC4)OCCO5)CC3)c(F)c2F)CC1. The summed E-state index contributed by atoms with van der Waals surface area (Å²) in [5, 5.41) is 0. The Morgan fingerprint density at radius 1 is 0.879 bits per heavy atom. The first-order chi connectivity index (χ1) is 16.1. The van der Waals surface area contributed by atoms with E-state index < -0.39 is 11.6 Å². The maximum Gasteiger partial charge on any atom is 0.168 e. The first kappa shape index (κ1) is 23.5. The van der Waals surface area contributed by atoms with Crippen LogP contribution >= 0.6 is 0 Å². The molecular formula is C29H40F2O2. The van der Waals surface area contributed by atoms with Gasteiger partial charge in [0.15, 0.2) is 17.4 Å². The van der Waals surface area contributed by atoms with Crippen molar-refractivity contribution in [3.05, 3.63) is 41.0 Å². The number of benzene rings is 1. The van der Waals surface area contributed by atoms with Crippen LogP contribution in [0.4, 0.5) is 8.78 Å². The number of allylic oxidation sites excluding steroid dienone is 2. The molecule has 0 aromatic heterocycles. The Labute approximate surface area is 198 Å². The van der Waals surface area contributed by atoms with E-state index in [-0.39, 0.29) is 11.7 Å². The van der Waals surface area contributed by atoms with Gasteiger partial charge in [-0.05, 0) is 92.6 Å². The molecule has 1 unspecified atom stereocenters. The van der Waals surface area contributed by atoms with E-state index in [0.717, 1.165) is 95.3 Å². The third kappa shape index (κ3) is 4.93. The summed E-state index contributed by atoms with van der Waals surface area (Å²) in [5.74, 6) is 0.752. The summed E-state index contributed by atoms with van der Waals surface area (Å²) in [5.41, 5.74) is 2.09. The van der Waals surface area contributed by atoms with Crippen molar-refractivity contribution in [3.63, 3.8) is 0 Å². The molecule has 0 bridgehead atoms. The molecule has 1 saturated heterocycles. The van der Waals surface area contributed by atoms with Crippen LogP contribution in [0.15, 0.2) is 18.2 Å². The molecule has 1 aromatic rings. The summed E-state index contributed by atoms with van der Waals surface area (Å²) >= 11 is 0. The van der Waals surface area contributed by atoms with Crippen LogP contribution in [0.3, 0.4) is 0 Å². The normalized spacial score (nSPS) is 30.5. The minimum absolute atomic E-state index is 0.175. The Bertz CT molecular complexity index is 839. The molecule has 1 aliphatic heterocycles. The standard InChI is InChI=1S/C29H40F2O2/c1-2-3-20-4-6-23(7-5-20)25-12-13-26(28(31)27(25)30)24-10-8-21(9-11-24)22-14-16-29(17-15-22)32-18-19-33-29/h10,12-13,20-23H,2-9,11,14-19H2,1H3. The van der Waals surface area contributed by atoms with Crippen molar-refractivity contribution in [2.75, 3.05) is 13.2 Å². The van der Waals surface area contributed by atoms with Gasteiger partial charge in [-0.3, -0.25) is 0 Å². The quantitative estimate of drug-likeness (QED) is 0.443. The molecule has 0 radical (unpaired) electrons. The van der Waals surface area contributed by atoms with Gasteiger partial charge in [-0.1, -0.05) is 38.0 Å². The van der Waals surface area contributed by atoms with Gasteiger partial charge < -0.3 is 9.47 Å². The lowest BCUT2D eigenvalue weighted by atomic mass is 9.72. The molecule has 3 aliphatic carbocycles. The zero-order valence-electron chi connectivity index (χ0n) is 20.2. The van der Waals surface area contributed by atoms with Crippen LogP contribution in [0, 0.1) is 29.4 Å². The highest BCUT2D eigenvalue weighted by Gasteiger charge is 2.42. The van der Waals surface area contributed by atoms with Gasteiger partial charge in [0.25, 0.3) is 0 Å². The zero-order valence-corrected chi connectivity index (χ0v) is 20.2. The van der Waals surface area contributed by atoms with Crippen LogP contribution in [0.2, 0.25) is 0 Å². The number of rotatable bonds is 5. The molecule has 3 fully saturated rings. The van der Waals surface area contributed by atoms with Crippen molar-refractivity contribution in [2.24, 2.45) is 17.8 Å². The van der Waals surface area contributed by atoms with Gasteiger partial charge in [-0.15, -0.1) is 0 Å². The molecule has 2 saturated carbocycles. The third-order valence-electron chi connectivity index (χ3n) is 9.17. The molecule has 4 heteroatoms. The van der Waals surface area contributed by atoms with Crippen molar-refractivity contribution in [1.29, 1.82) is 0 Å². The van der Waals surface area contributed by atoms with Crippen molar-refractivity contribution in [1.82, 2.24) is 0 Å². The number of halogens is 2. The lowest BCUT2D eigenvalue weighted by Gasteiger charge is -2.39. The highest BCUT2D eigenvalue weighted by Crippen LogP contribution is 2.46. The van der Waals surface area contributed by atoms with E-state index in [9.17, 15) is 0 Å². The number of hydrogen-bond acceptors (Lipinski definition) is 2. The van der Waals surface area contributed by atoms with Crippen LogP contribution in [-0.2, 0) is 9.47 Å². The Hall–Kier alpha value is -1.26. The maximum absolute atomic E-state index is 15.2. The van der Waals surface area contributed by atoms with E-state index in [0.29, 0.717) is 23.0 Å². The monoisotopic (exact) mass is 458 g/mol. The average Bonchev–Trinajstić information content (AvgIpc) is 3.30. The summed E-state index contributed by atoms with van der Waals surface area (Å²) in [6, 6.07) is 3.74. The van der Waals surface area contributed by atoms with Crippen molar-refractivity contribution >= 4 is 5.57 Å². The zero-order chi connectivity index (χ0) is 22.8. The summed E-state index contributed by atoms with van der Waals surface area (Å²) < 4.78 is 42.1. The minimum Gasteiger partial charge on any atom is -0.348 e. The molecule has 5 rings (SSSR count). The fraction of sp³-hybridized carbons (Fsp3) is 0.724. The second-order valence-electron chi connectivity index (χ2n) is 11.0. The molecule has 2 nitrogen and oxygen atoms in total. The predicted octanol–water partition coefficient (Wildman–Crippen LogP) is 8.16. The first-order valence-corrected chi connectivity index (χ1v) is 13.5. The average molecular weight is 459 g/mol. The minimum atomic E-state index is -0.622. The van der Waals surface area contributed by atoms with E-state index in [2.05, 4.69) is 13.0 Å². The van der Waals surface area contributed by atoms with Gasteiger partial charge in [-0.2, -0.15) is 0 Å². The number of hydrogen-bond donors (Lipinski definition) is 0. The van der Waals surface area contributed by atoms with E-state index in [1.807, 2.05) is 12.1 Å². The Kier molecular flexibility index (Phi) is 7.23.